The largest absolute Gasteiger partial charge is 0.324 e. The highest BCUT2D eigenvalue weighted by Gasteiger charge is 2.10. The Bertz CT molecular complexity index is 595. The van der Waals surface area contributed by atoms with Crippen LogP contribution in [0.5, 0.6) is 0 Å². The third-order valence-electron chi connectivity index (χ3n) is 3.35. The third kappa shape index (κ3) is 3.34. The summed E-state index contributed by atoms with van der Waals surface area (Å²) in [5, 5.41) is 0.744. The topological polar surface area (TPSA) is 26.0 Å². The van der Waals surface area contributed by atoms with Gasteiger partial charge in [-0.15, -0.1) is 0 Å². The minimum atomic E-state index is -0.211. The van der Waals surface area contributed by atoms with E-state index in [0.717, 1.165) is 27.3 Å². The smallest absolute Gasteiger partial charge is 0.123 e. The molecule has 2 aromatic carbocycles. The van der Waals surface area contributed by atoms with Crippen LogP contribution in [-0.4, -0.2) is 0 Å². The van der Waals surface area contributed by atoms with E-state index in [4.69, 9.17) is 17.3 Å². The van der Waals surface area contributed by atoms with Crippen molar-refractivity contribution in [2.24, 2.45) is 5.73 Å². The Hall–Kier alpha value is -1.38. The van der Waals surface area contributed by atoms with E-state index in [-0.39, 0.29) is 11.9 Å². The Balaban J connectivity index is 2.20. The summed E-state index contributed by atoms with van der Waals surface area (Å²) in [5.41, 5.74) is 10.3. The van der Waals surface area contributed by atoms with Crippen LogP contribution in [0.25, 0.3) is 0 Å². The maximum atomic E-state index is 13.1. The van der Waals surface area contributed by atoms with Crippen LogP contribution in [0.2, 0.25) is 5.02 Å². The van der Waals surface area contributed by atoms with Gasteiger partial charge in [-0.2, -0.15) is 0 Å². The second-order valence-corrected chi connectivity index (χ2v) is 5.30. The summed E-state index contributed by atoms with van der Waals surface area (Å²) in [4.78, 5) is 0. The first-order chi connectivity index (χ1) is 8.97. The fourth-order valence-corrected chi connectivity index (χ4v) is 2.26. The molecule has 1 atom stereocenters. The van der Waals surface area contributed by atoms with Crippen LogP contribution in [0.1, 0.15) is 28.3 Å². The molecule has 0 fully saturated rings. The van der Waals surface area contributed by atoms with E-state index in [1.54, 1.807) is 6.07 Å². The zero-order chi connectivity index (χ0) is 14.0. The SMILES string of the molecule is Cc1cc(C(N)Cc2ccc(F)cc2C)ccc1Cl. The molecule has 1 unspecified atom stereocenters. The van der Waals surface area contributed by atoms with Crippen molar-refractivity contribution in [2.75, 3.05) is 0 Å². The third-order valence-corrected chi connectivity index (χ3v) is 3.78. The average Bonchev–Trinajstić information content (AvgIpc) is 2.36. The maximum absolute atomic E-state index is 13.1. The van der Waals surface area contributed by atoms with E-state index >= 15 is 0 Å². The molecule has 0 aromatic heterocycles. The second-order valence-electron chi connectivity index (χ2n) is 4.89. The molecule has 0 amide bonds. The summed E-state index contributed by atoms with van der Waals surface area (Å²) < 4.78 is 13.1. The summed E-state index contributed by atoms with van der Waals surface area (Å²) in [7, 11) is 0. The summed E-state index contributed by atoms with van der Waals surface area (Å²) in [6.07, 6.45) is 0.688. The zero-order valence-electron chi connectivity index (χ0n) is 11.1. The lowest BCUT2D eigenvalue weighted by molar-refractivity contribution is 0.624. The molecule has 1 nitrogen and oxygen atoms in total. The standard InChI is InChI=1S/C16H17ClFN/c1-10-8-14(18)5-3-12(10)9-16(19)13-4-6-15(17)11(2)7-13/h3-8,16H,9,19H2,1-2H3. The molecule has 0 spiro atoms. The molecule has 0 bridgehead atoms. The van der Waals surface area contributed by atoms with Gasteiger partial charge in [-0.05, 0) is 60.7 Å². The molecule has 0 heterocycles. The molecule has 0 aliphatic heterocycles. The summed E-state index contributed by atoms with van der Waals surface area (Å²) in [6, 6.07) is 10.5. The molecule has 2 aromatic rings. The van der Waals surface area contributed by atoms with Gasteiger partial charge >= 0.3 is 0 Å². The predicted molar refractivity (Wildman–Crippen MR) is 78.0 cm³/mol. The van der Waals surface area contributed by atoms with Crippen molar-refractivity contribution in [1.29, 1.82) is 0 Å². The Morgan fingerprint density at radius 3 is 2.47 bits per heavy atom. The first-order valence-electron chi connectivity index (χ1n) is 6.24. The van der Waals surface area contributed by atoms with Crippen LogP contribution in [0.15, 0.2) is 36.4 Å². The maximum Gasteiger partial charge on any atom is 0.123 e. The molecular weight excluding hydrogens is 261 g/mol. The van der Waals surface area contributed by atoms with Crippen molar-refractivity contribution < 1.29 is 4.39 Å². The van der Waals surface area contributed by atoms with Crippen LogP contribution < -0.4 is 5.73 Å². The Kier molecular flexibility index (Phi) is 4.23. The van der Waals surface area contributed by atoms with Gasteiger partial charge in [-0.1, -0.05) is 29.8 Å². The van der Waals surface area contributed by atoms with E-state index in [1.807, 2.05) is 32.0 Å². The van der Waals surface area contributed by atoms with Crippen LogP contribution in [0, 0.1) is 19.7 Å². The van der Waals surface area contributed by atoms with E-state index in [0.29, 0.717) is 6.42 Å². The van der Waals surface area contributed by atoms with Gasteiger partial charge in [0.15, 0.2) is 0 Å². The minimum Gasteiger partial charge on any atom is -0.324 e. The Labute approximate surface area is 118 Å². The van der Waals surface area contributed by atoms with E-state index < -0.39 is 0 Å². The van der Waals surface area contributed by atoms with E-state index in [1.165, 1.54) is 12.1 Å². The molecule has 3 heteroatoms. The highest BCUT2D eigenvalue weighted by molar-refractivity contribution is 6.31. The fraction of sp³-hybridized carbons (Fsp3) is 0.250. The van der Waals surface area contributed by atoms with Gasteiger partial charge in [0.1, 0.15) is 5.82 Å². The summed E-state index contributed by atoms with van der Waals surface area (Å²) >= 11 is 6.01. The van der Waals surface area contributed by atoms with Gasteiger partial charge in [0.05, 0.1) is 0 Å². The molecule has 0 aliphatic carbocycles. The number of hydrogen-bond donors (Lipinski definition) is 1. The monoisotopic (exact) mass is 277 g/mol. The van der Waals surface area contributed by atoms with Crippen LogP contribution in [-0.2, 0) is 6.42 Å². The summed E-state index contributed by atoms with van der Waals surface area (Å²) in [6.45, 7) is 3.86. The molecular formula is C16H17ClFN. The minimum absolute atomic E-state index is 0.111. The van der Waals surface area contributed by atoms with Crippen LogP contribution in [0.3, 0.4) is 0 Å². The molecule has 19 heavy (non-hydrogen) atoms. The van der Waals surface area contributed by atoms with Gasteiger partial charge in [-0.3, -0.25) is 0 Å². The lowest BCUT2D eigenvalue weighted by Gasteiger charge is -2.15. The molecule has 2 rings (SSSR count). The number of rotatable bonds is 3. The lowest BCUT2D eigenvalue weighted by Crippen LogP contribution is -2.14. The van der Waals surface area contributed by atoms with Crippen LogP contribution in [0.4, 0.5) is 4.39 Å². The van der Waals surface area contributed by atoms with E-state index in [9.17, 15) is 4.39 Å². The number of halogens is 2. The predicted octanol–water partition coefficient (Wildman–Crippen LogP) is 4.34. The molecule has 2 N–H and O–H groups in total. The zero-order valence-corrected chi connectivity index (χ0v) is 11.8. The van der Waals surface area contributed by atoms with Crippen molar-refractivity contribution in [2.45, 2.75) is 26.3 Å². The summed E-state index contributed by atoms with van der Waals surface area (Å²) in [5.74, 6) is -0.211. The fourth-order valence-electron chi connectivity index (χ4n) is 2.14. The normalized spacial score (nSPS) is 12.5. The van der Waals surface area contributed by atoms with Gasteiger partial charge in [0.2, 0.25) is 0 Å². The van der Waals surface area contributed by atoms with Gasteiger partial charge in [0.25, 0.3) is 0 Å². The van der Waals surface area contributed by atoms with Crippen molar-refractivity contribution in [1.82, 2.24) is 0 Å². The van der Waals surface area contributed by atoms with Crippen molar-refractivity contribution in [3.05, 3.63) is 69.5 Å². The second kappa shape index (κ2) is 5.72. The first-order valence-corrected chi connectivity index (χ1v) is 6.62. The lowest BCUT2D eigenvalue weighted by atomic mass is 9.96. The van der Waals surface area contributed by atoms with Gasteiger partial charge in [0, 0.05) is 11.1 Å². The first kappa shape index (κ1) is 14.0. The molecule has 0 radical (unpaired) electrons. The van der Waals surface area contributed by atoms with Crippen LogP contribution >= 0.6 is 11.6 Å². The highest BCUT2D eigenvalue weighted by Crippen LogP contribution is 2.23. The van der Waals surface area contributed by atoms with Crippen molar-refractivity contribution in [3.63, 3.8) is 0 Å². The Morgan fingerprint density at radius 2 is 1.84 bits per heavy atom. The number of hydrogen-bond acceptors (Lipinski definition) is 1. The van der Waals surface area contributed by atoms with Crippen molar-refractivity contribution >= 4 is 11.6 Å². The average molecular weight is 278 g/mol. The highest BCUT2D eigenvalue weighted by atomic mass is 35.5. The quantitative estimate of drug-likeness (QED) is 0.887. The van der Waals surface area contributed by atoms with Gasteiger partial charge in [-0.25, -0.2) is 4.39 Å². The van der Waals surface area contributed by atoms with Gasteiger partial charge < -0.3 is 5.73 Å². The molecule has 0 saturated carbocycles. The molecule has 0 aliphatic rings. The number of benzene rings is 2. The Morgan fingerprint density at radius 1 is 1.11 bits per heavy atom. The molecule has 0 saturated heterocycles. The number of aryl methyl sites for hydroxylation is 2. The van der Waals surface area contributed by atoms with E-state index in [2.05, 4.69) is 0 Å². The number of nitrogens with two attached hydrogens (primary N) is 1. The molecule has 100 valence electrons. The van der Waals surface area contributed by atoms with Crippen molar-refractivity contribution in [3.8, 4) is 0 Å².